The zero-order valence-electron chi connectivity index (χ0n) is 13.6. The predicted molar refractivity (Wildman–Crippen MR) is 101 cm³/mol. The highest BCUT2D eigenvalue weighted by Crippen LogP contribution is 2.29. The predicted octanol–water partition coefficient (Wildman–Crippen LogP) is 4.23. The molecule has 0 saturated carbocycles. The molecule has 0 bridgehead atoms. The van der Waals surface area contributed by atoms with Gasteiger partial charge in [0.05, 0.1) is 5.02 Å². The Morgan fingerprint density at radius 3 is 2.67 bits per heavy atom. The molecule has 1 saturated heterocycles. The van der Waals surface area contributed by atoms with Crippen LogP contribution in [0.15, 0.2) is 46.9 Å². The van der Waals surface area contributed by atoms with Crippen molar-refractivity contribution in [2.24, 2.45) is 0 Å². The maximum Gasteiger partial charge on any atom is 0.138 e. The van der Waals surface area contributed by atoms with Crippen LogP contribution in [0.3, 0.4) is 0 Å². The highest BCUT2D eigenvalue weighted by molar-refractivity contribution is 9.10. The Kier molecular flexibility index (Phi) is 5.66. The summed E-state index contributed by atoms with van der Waals surface area (Å²) in [7, 11) is 4.06. The lowest BCUT2D eigenvalue weighted by atomic mass is 10.2. The lowest BCUT2D eigenvalue weighted by molar-refractivity contribution is 0.0159. The summed E-state index contributed by atoms with van der Waals surface area (Å²) in [6.07, 6.45) is -0.113. The molecule has 1 N–H and O–H groups in total. The molecule has 2 aromatic rings. The van der Waals surface area contributed by atoms with Gasteiger partial charge in [-0.1, -0.05) is 39.7 Å². The van der Waals surface area contributed by atoms with Crippen molar-refractivity contribution >= 4 is 33.2 Å². The number of ether oxygens (including phenoxy) is 2. The summed E-state index contributed by atoms with van der Waals surface area (Å²) in [4.78, 5) is 2.07. The van der Waals surface area contributed by atoms with Crippen LogP contribution in [0.2, 0.25) is 5.02 Å². The summed E-state index contributed by atoms with van der Waals surface area (Å²) in [5.74, 6) is 0.669. The van der Waals surface area contributed by atoms with E-state index in [1.807, 2.05) is 32.3 Å². The molecule has 2 aromatic carbocycles. The SMILES string of the molecule is CN(C)c1ccc([C@H]2NC[C@@H](COc3ccc(Br)cc3Cl)O2)cc1. The highest BCUT2D eigenvalue weighted by atomic mass is 79.9. The van der Waals surface area contributed by atoms with Crippen LogP contribution in [-0.4, -0.2) is 33.4 Å². The minimum absolute atomic E-state index is 0.0109. The summed E-state index contributed by atoms with van der Waals surface area (Å²) in [6, 6.07) is 13.9. The van der Waals surface area contributed by atoms with E-state index in [2.05, 4.69) is 50.4 Å². The van der Waals surface area contributed by atoms with Gasteiger partial charge in [0.15, 0.2) is 0 Å². The summed E-state index contributed by atoms with van der Waals surface area (Å²) in [6.45, 7) is 1.20. The second-order valence-corrected chi connectivity index (χ2v) is 7.24. The van der Waals surface area contributed by atoms with Crippen molar-refractivity contribution in [1.82, 2.24) is 5.32 Å². The van der Waals surface area contributed by atoms with Crippen LogP contribution >= 0.6 is 27.5 Å². The van der Waals surface area contributed by atoms with Gasteiger partial charge in [-0.2, -0.15) is 0 Å². The fraction of sp³-hybridized carbons (Fsp3) is 0.333. The fourth-order valence-corrected chi connectivity index (χ4v) is 3.27. The van der Waals surface area contributed by atoms with E-state index in [0.717, 1.165) is 16.6 Å². The first-order valence-electron chi connectivity index (χ1n) is 7.77. The molecule has 1 fully saturated rings. The number of rotatable bonds is 5. The van der Waals surface area contributed by atoms with E-state index < -0.39 is 0 Å². The Bertz CT molecular complexity index is 694. The van der Waals surface area contributed by atoms with Crippen molar-refractivity contribution in [3.8, 4) is 5.75 Å². The van der Waals surface area contributed by atoms with E-state index in [9.17, 15) is 0 Å². The summed E-state index contributed by atoms with van der Waals surface area (Å²) >= 11 is 9.55. The standard InChI is InChI=1S/C18H20BrClN2O2/c1-22(2)14-6-3-12(4-7-14)18-21-10-15(24-18)11-23-17-8-5-13(19)9-16(17)20/h3-9,15,18,21H,10-11H2,1-2H3/t15-,18-/m0/s1. The number of hydrogen-bond donors (Lipinski definition) is 1. The molecule has 6 heteroatoms. The molecule has 1 aliphatic rings. The average molecular weight is 412 g/mol. The first-order valence-corrected chi connectivity index (χ1v) is 8.94. The second kappa shape index (κ2) is 7.74. The Balaban J connectivity index is 1.55. The van der Waals surface area contributed by atoms with Gasteiger partial charge in [0.2, 0.25) is 0 Å². The molecule has 2 atom stereocenters. The van der Waals surface area contributed by atoms with Crippen LogP contribution in [0, 0.1) is 0 Å². The molecule has 0 radical (unpaired) electrons. The van der Waals surface area contributed by atoms with Crippen LogP contribution in [0.5, 0.6) is 5.75 Å². The lowest BCUT2D eigenvalue weighted by Gasteiger charge is -2.16. The van der Waals surface area contributed by atoms with Crippen molar-refractivity contribution in [3.63, 3.8) is 0 Å². The Hall–Kier alpha value is -1.27. The molecule has 128 valence electrons. The van der Waals surface area contributed by atoms with Crippen molar-refractivity contribution < 1.29 is 9.47 Å². The van der Waals surface area contributed by atoms with Crippen molar-refractivity contribution in [2.45, 2.75) is 12.3 Å². The Morgan fingerprint density at radius 1 is 1.25 bits per heavy atom. The van der Waals surface area contributed by atoms with Gasteiger partial charge in [-0.3, -0.25) is 5.32 Å². The van der Waals surface area contributed by atoms with Crippen molar-refractivity contribution in [1.29, 1.82) is 0 Å². The first-order chi connectivity index (χ1) is 11.5. The number of benzene rings is 2. The molecule has 3 rings (SSSR count). The summed E-state index contributed by atoms with van der Waals surface area (Å²) in [5.41, 5.74) is 2.28. The maximum absolute atomic E-state index is 6.16. The fourth-order valence-electron chi connectivity index (χ4n) is 2.54. The van der Waals surface area contributed by atoms with Gasteiger partial charge in [-0.05, 0) is 35.9 Å². The van der Waals surface area contributed by atoms with Gasteiger partial charge in [0.25, 0.3) is 0 Å². The topological polar surface area (TPSA) is 33.7 Å². The van der Waals surface area contributed by atoms with Crippen LogP contribution in [0.4, 0.5) is 5.69 Å². The minimum atomic E-state index is -0.102. The number of nitrogens with one attached hydrogen (secondary N) is 1. The number of hydrogen-bond acceptors (Lipinski definition) is 4. The van der Waals surface area contributed by atoms with E-state index in [1.165, 1.54) is 5.69 Å². The first kappa shape index (κ1) is 17.5. The molecule has 1 aliphatic heterocycles. The largest absolute Gasteiger partial charge is 0.489 e. The third kappa shape index (κ3) is 4.22. The summed E-state index contributed by atoms with van der Waals surface area (Å²) < 4.78 is 12.7. The van der Waals surface area contributed by atoms with E-state index in [0.29, 0.717) is 17.4 Å². The molecule has 1 heterocycles. The monoisotopic (exact) mass is 410 g/mol. The zero-order chi connectivity index (χ0) is 17.1. The molecule has 0 aliphatic carbocycles. The molecule has 4 nitrogen and oxygen atoms in total. The highest BCUT2D eigenvalue weighted by Gasteiger charge is 2.26. The van der Waals surface area contributed by atoms with Gasteiger partial charge in [-0.25, -0.2) is 0 Å². The molecule has 0 unspecified atom stereocenters. The number of nitrogens with zero attached hydrogens (tertiary/aromatic N) is 1. The quantitative estimate of drug-likeness (QED) is 0.798. The summed E-state index contributed by atoms with van der Waals surface area (Å²) in [5, 5.41) is 3.96. The maximum atomic E-state index is 6.16. The van der Waals surface area contributed by atoms with E-state index in [4.69, 9.17) is 21.1 Å². The normalized spacial score (nSPS) is 20.2. The van der Waals surface area contributed by atoms with E-state index in [-0.39, 0.29) is 12.3 Å². The lowest BCUT2D eigenvalue weighted by Crippen LogP contribution is -2.22. The van der Waals surface area contributed by atoms with Gasteiger partial charge in [0, 0.05) is 30.8 Å². The average Bonchev–Trinajstić information content (AvgIpc) is 3.03. The second-order valence-electron chi connectivity index (χ2n) is 5.92. The van der Waals surface area contributed by atoms with Crippen molar-refractivity contribution in [2.75, 3.05) is 32.1 Å². The van der Waals surface area contributed by atoms with Crippen LogP contribution < -0.4 is 15.0 Å². The minimum Gasteiger partial charge on any atom is -0.489 e. The van der Waals surface area contributed by atoms with Gasteiger partial charge < -0.3 is 14.4 Å². The number of anilines is 1. The smallest absolute Gasteiger partial charge is 0.138 e. The molecule has 0 amide bonds. The van der Waals surface area contributed by atoms with Gasteiger partial charge in [0.1, 0.15) is 24.7 Å². The van der Waals surface area contributed by atoms with Crippen LogP contribution in [-0.2, 0) is 4.74 Å². The molecule has 0 aromatic heterocycles. The van der Waals surface area contributed by atoms with Crippen LogP contribution in [0.1, 0.15) is 11.8 Å². The zero-order valence-corrected chi connectivity index (χ0v) is 16.0. The molecule has 0 spiro atoms. The van der Waals surface area contributed by atoms with E-state index in [1.54, 1.807) is 0 Å². The third-order valence-corrected chi connectivity index (χ3v) is 4.68. The van der Waals surface area contributed by atoms with Crippen molar-refractivity contribution in [3.05, 3.63) is 57.5 Å². The van der Waals surface area contributed by atoms with Crippen LogP contribution in [0.25, 0.3) is 0 Å². The number of halogens is 2. The van der Waals surface area contributed by atoms with Gasteiger partial charge in [-0.15, -0.1) is 0 Å². The molecular formula is C18H20BrClN2O2. The Morgan fingerprint density at radius 2 is 2.00 bits per heavy atom. The third-order valence-electron chi connectivity index (χ3n) is 3.89. The molecular weight excluding hydrogens is 392 g/mol. The molecule has 24 heavy (non-hydrogen) atoms. The Labute approximate surface area is 155 Å². The van der Waals surface area contributed by atoms with E-state index >= 15 is 0 Å². The van der Waals surface area contributed by atoms with Gasteiger partial charge >= 0.3 is 0 Å².